The average molecular weight is 201 g/mol. The van der Waals surface area contributed by atoms with Gasteiger partial charge >= 0.3 is 0 Å². The molecule has 1 unspecified atom stereocenters. The minimum absolute atomic E-state index is 0.0761. The number of β-lactam (4-membered cyclic amide) rings is 1. The van der Waals surface area contributed by atoms with Crippen LogP contribution in [0.5, 0.6) is 0 Å². The molecule has 1 fully saturated rings. The number of carbonyl (C=O) groups excluding carboxylic acids is 1. The Hall–Kier alpha value is -0.353. The summed E-state index contributed by atoms with van der Waals surface area (Å²) < 4.78 is 5.96. The van der Waals surface area contributed by atoms with Crippen LogP contribution in [0.1, 0.15) is 20.8 Å². The van der Waals surface area contributed by atoms with Gasteiger partial charge in [0.2, 0.25) is 5.91 Å². The van der Waals surface area contributed by atoms with Gasteiger partial charge < -0.3 is 9.74 Å². The molecular formula is C9H19NO2Si. The normalized spacial score (nSPS) is 22.4. The van der Waals surface area contributed by atoms with Crippen LogP contribution in [0.25, 0.3) is 0 Å². The molecule has 0 bridgehead atoms. The van der Waals surface area contributed by atoms with E-state index in [0.29, 0.717) is 6.54 Å². The van der Waals surface area contributed by atoms with E-state index in [1.54, 1.807) is 0 Å². The minimum atomic E-state index is -1.55. The van der Waals surface area contributed by atoms with Gasteiger partial charge in [0.15, 0.2) is 8.32 Å². The lowest BCUT2D eigenvalue weighted by Crippen LogP contribution is -2.59. The van der Waals surface area contributed by atoms with Crippen LogP contribution in [0.15, 0.2) is 0 Å². The van der Waals surface area contributed by atoms with E-state index in [9.17, 15) is 4.79 Å². The summed E-state index contributed by atoms with van der Waals surface area (Å²) in [6.07, 6.45) is -0.133. The molecular weight excluding hydrogens is 182 g/mol. The quantitative estimate of drug-likeness (QED) is 0.541. The van der Waals surface area contributed by atoms with E-state index >= 15 is 0 Å². The van der Waals surface area contributed by atoms with Crippen LogP contribution >= 0.6 is 0 Å². The van der Waals surface area contributed by atoms with Gasteiger partial charge in [0.25, 0.3) is 0 Å². The van der Waals surface area contributed by atoms with Gasteiger partial charge in [-0.05, 0) is 18.1 Å². The Kier molecular flexibility index (Phi) is 3.50. The summed E-state index contributed by atoms with van der Waals surface area (Å²) in [6.45, 7) is 7.25. The van der Waals surface area contributed by atoms with Crippen LogP contribution in [0.2, 0.25) is 18.1 Å². The van der Waals surface area contributed by atoms with Crippen LogP contribution in [-0.4, -0.2) is 26.9 Å². The summed E-state index contributed by atoms with van der Waals surface area (Å²) in [5, 5.41) is 2.71. The predicted octanol–water partition coefficient (Wildman–Crippen LogP) is 1.51. The molecule has 0 spiro atoms. The predicted molar refractivity (Wildman–Crippen MR) is 55.1 cm³/mol. The molecule has 1 amide bonds. The highest BCUT2D eigenvalue weighted by atomic mass is 28.4. The van der Waals surface area contributed by atoms with Crippen molar-refractivity contribution in [2.75, 3.05) is 6.54 Å². The number of hydrogen-bond acceptors (Lipinski definition) is 2. The Morgan fingerprint density at radius 1 is 1.38 bits per heavy atom. The number of amides is 1. The maximum atomic E-state index is 11.0. The lowest BCUT2D eigenvalue weighted by atomic mass is 10.2. The van der Waals surface area contributed by atoms with Gasteiger partial charge in [-0.3, -0.25) is 4.79 Å². The third-order valence-corrected chi connectivity index (χ3v) is 7.73. The SMILES string of the molecule is CC[Si](CC)(CC)OC1CNC1=O. The maximum absolute atomic E-state index is 11.0. The van der Waals surface area contributed by atoms with Gasteiger partial charge in [0, 0.05) is 0 Å². The molecule has 1 aliphatic rings. The molecule has 1 rings (SSSR count). The lowest BCUT2D eigenvalue weighted by Gasteiger charge is -2.36. The summed E-state index contributed by atoms with van der Waals surface area (Å²) in [6, 6.07) is 3.34. The van der Waals surface area contributed by atoms with E-state index < -0.39 is 8.32 Å². The zero-order chi connectivity index (χ0) is 9.90. The van der Waals surface area contributed by atoms with E-state index in [4.69, 9.17) is 4.43 Å². The molecule has 1 heterocycles. The highest BCUT2D eigenvalue weighted by molar-refractivity contribution is 6.73. The number of carbonyl (C=O) groups is 1. The second-order valence-electron chi connectivity index (χ2n) is 3.60. The van der Waals surface area contributed by atoms with Gasteiger partial charge in [-0.15, -0.1) is 0 Å². The second-order valence-corrected chi connectivity index (χ2v) is 8.32. The van der Waals surface area contributed by atoms with Crippen LogP contribution < -0.4 is 5.32 Å². The van der Waals surface area contributed by atoms with Gasteiger partial charge in [0.1, 0.15) is 6.10 Å². The standard InChI is InChI=1S/C9H19NO2Si/c1-4-13(5-2,6-3)12-8-7-10-9(8)11/h8H,4-7H2,1-3H3,(H,10,11). The van der Waals surface area contributed by atoms with Crippen molar-refractivity contribution in [2.45, 2.75) is 45.0 Å². The summed E-state index contributed by atoms with van der Waals surface area (Å²) in [7, 11) is -1.55. The molecule has 0 radical (unpaired) electrons. The molecule has 1 N–H and O–H groups in total. The number of hydrogen-bond donors (Lipinski definition) is 1. The molecule has 0 aliphatic carbocycles. The number of nitrogens with one attached hydrogen (secondary N) is 1. The van der Waals surface area contributed by atoms with Crippen molar-refractivity contribution in [3.05, 3.63) is 0 Å². The fourth-order valence-electron chi connectivity index (χ4n) is 1.67. The topological polar surface area (TPSA) is 38.3 Å². The van der Waals surface area contributed by atoms with Gasteiger partial charge in [-0.25, -0.2) is 0 Å². The van der Waals surface area contributed by atoms with Crippen LogP contribution in [-0.2, 0) is 9.22 Å². The van der Waals surface area contributed by atoms with Crippen molar-refractivity contribution >= 4 is 14.2 Å². The van der Waals surface area contributed by atoms with Crippen molar-refractivity contribution in [1.82, 2.24) is 5.32 Å². The van der Waals surface area contributed by atoms with Crippen molar-refractivity contribution in [3.63, 3.8) is 0 Å². The van der Waals surface area contributed by atoms with Crippen molar-refractivity contribution in [1.29, 1.82) is 0 Å². The van der Waals surface area contributed by atoms with Crippen molar-refractivity contribution < 1.29 is 9.22 Å². The highest BCUT2D eigenvalue weighted by Gasteiger charge is 2.38. The molecule has 0 aromatic rings. The molecule has 13 heavy (non-hydrogen) atoms. The molecule has 1 saturated heterocycles. The first-order chi connectivity index (χ1) is 6.17. The Bertz CT molecular complexity index is 184. The van der Waals surface area contributed by atoms with Crippen LogP contribution in [0.4, 0.5) is 0 Å². The van der Waals surface area contributed by atoms with Gasteiger partial charge in [0.05, 0.1) is 6.54 Å². The van der Waals surface area contributed by atoms with Crippen LogP contribution in [0, 0.1) is 0 Å². The monoisotopic (exact) mass is 201 g/mol. The molecule has 3 nitrogen and oxygen atoms in total. The minimum Gasteiger partial charge on any atom is -0.404 e. The lowest BCUT2D eigenvalue weighted by molar-refractivity contribution is -0.135. The van der Waals surface area contributed by atoms with Crippen LogP contribution in [0.3, 0.4) is 0 Å². The zero-order valence-electron chi connectivity index (χ0n) is 8.72. The summed E-state index contributed by atoms with van der Waals surface area (Å²) in [5.74, 6) is 0.0761. The Labute approximate surface area is 81.0 Å². The Morgan fingerprint density at radius 2 is 1.92 bits per heavy atom. The summed E-state index contributed by atoms with van der Waals surface area (Å²) >= 11 is 0. The first-order valence-electron chi connectivity index (χ1n) is 5.13. The molecule has 1 aliphatic heterocycles. The second kappa shape index (κ2) is 4.24. The molecule has 1 atom stereocenters. The van der Waals surface area contributed by atoms with E-state index in [-0.39, 0.29) is 12.0 Å². The fraction of sp³-hybridized carbons (Fsp3) is 0.889. The van der Waals surface area contributed by atoms with E-state index in [1.165, 1.54) is 0 Å². The Balaban J connectivity index is 2.50. The van der Waals surface area contributed by atoms with Gasteiger partial charge in [-0.2, -0.15) is 0 Å². The van der Waals surface area contributed by atoms with E-state index in [2.05, 4.69) is 26.1 Å². The molecule has 0 aromatic carbocycles. The van der Waals surface area contributed by atoms with Gasteiger partial charge in [-0.1, -0.05) is 20.8 Å². The fourth-order valence-corrected chi connectivity index (χ4v) is 4.46. The van der Waals surface area contributed by atoms with E-state index in [0.717, 1.165) is 18.1 Å². The zero-order valence-corrected chi connectivity index (χ0v) is 9.72. The summed E-state index contributed by atoms with van der Waals surface area (Å²) in [4.78, 5) is 11.0. The average Bonchev–Trinajstić information content (AvgIpc) is 2.18. The maximum Gasteiger partial charge on any atom is 0.249 e. The number of rotatable bonds is 5. The first kappa shape index (κ1) is 10.7. The van der Waals surface area contributed by atoms with Crippen molar-refractivity contribution in [2.24, 2.45) is 0 Å². The molecule has 4 heteroatoms. The smallest absolute Gasteiger partial charge is 0.249 e. The first-order valence-corrected chi connectivity index (χ1v) is 7.66. The largest absolute Gasteiger partial charge is 0.404 e. The molecule has 0 saturated carbocycles. The third-order valence-electron chi connectivity index (χ3n) is 3.08. The van der Waals surface area contributed by atoms with E-state index in [1.807, 2.05) is 0 Å². The van der Waals surface area contributed by atoms with Crippen molar-refractivity contribution in [3.8, 4) is 0 Å². The third kappa shape index (κ3) is 2.11. The molecule has 76 valence electrons. The highest BCUT2D eigenvalue weighted by Crippen LogP contribution is 2.24. The summed E-state index contributed by atoms with van der Waals surface area (Å²) in [5.41, 5.74) is 0. The Morgan fingerprint density at radius 3 is 2.15 bits per heavy atom. The molecule has 0 aromatic heterocycles.